The third-order valence-electron chi connectivity index (χ3n) is 14.6. The van der Waals surface area contributed by atoms with Crippen molar-refractivity contribution < 1.29 is 45.0 Å². The number of guanidine groups is 1. The van der Waals surface area contributed by atoms with Crippen LogP contribution in [0.2, 0.25) is 0 Å². The molecule has 4 aliphatic rings. The summed E-state index contributed by atoms with van der Waals surface area (Å²) >= 11 is 0. The summed E-state index contributed by atoms with van der Waals surface area (Å²) in [7, 11) is 0. The van der Waals surface area contributed by atoms with E-state index in [2.05, 4.69) is 39.9 Å². The lowest BCUT2D eigenvalue weighted by Crippen LogP contribution is -2.67. The number of carboxylic acids is 1. The number of H-pyrrole nitrogens is 1. The molecule has 0 radical (unpaired) electrons. The van der Waals surface area contributed by atoms with E-state index in [0.29, 0.717) is 43.5 Å². The number of hydrogen-bond donors (Lipinski definition) is 11. The Morgan fingerprint density at radius 1 is 1.00 bits per heavy atom. The van der Waals surface area contributed by atoms with Crippen molar-refractivity contribution in [3.8, 4) is 0 Å². The van der Waals surface area contributed by atoms with Gasteiger partial charge in [0.2, 0.25) is 0 Å². The average Bonchev–Trinajstić information content (AvgIpc) is 3.77. The molecule has 3 aliphatic carbocycles. The van der Waals surface area contributed by atoms with Gasteiger partial charge < -0.3 is 67.3 Å². The Kier molecular flexibility index (Phi) is 14.5. The highest BCUT2D eigenvalue weighted by Gasteiger charge is 2.54. The van der Waals surface area contributed by atoms with Crippen molar-refractivity contribution in [3.05, 3.63) is 77.0 Å². The van der Waals surface area contributed by atoms with E-state index in [4.69, 9.17) is 16.5 Å². The summed E-state index contributed by atoms with van der Waals surface area (Å²) < 4.78 is 0. The lowest BCUT2D eigenvalue weighted by Gasteiger charge is -2.52. The van der Waals surface area contributed by atoms with E-state index in [0.717, 1.165) is 67.4 Å². The van der Waals surface area contributed by atoms with Gasteiger partial charge in [-0.25, -0.2) is 9.79 Å². The van der Waals surface area contributed by atoms with E-state index in [9.17, 15) is 45.0 Å². The van der Waals surface area contributed by atoms with Crippen molar-refractivity contribution >= 4 is 41.1 Å². The topological polar surface area (TPSA) is 277 Å². The zero-order chi connectivity index (χ0) is 44.1. The van der Waals surface area contributed by atoms with Crippen LogP contribution in [0.15, 0.2) is 65.3 Å². The maximum atomic E-state index is 12.9. The van der Waals surface area contributed by atoms with Gasteiger partial charge in [0.15, 0.2) is 12.2 Å². The molecule has 12 unspecified atom stereocenters. The number of benzene rings is 2. The molecule has 0 saturated heterocycles. The normalized spacial score (nSPS) is 29.7. The minimum absolute atomic E-state index is 0.0168. The number of carboxylic acid groups (broad SMARTS) is 1. The summed E-state index contributed by atoms with van der Waals surface area (Å²) in [6.07, 6.45) is 9.36. The summed E-state index contributed by atoms with van der Waals surface area (Å²) in [5, 5.41) is 70.8. The molecule has 7 rings (SSSR count). The van der Waals surface area contributed by atoms with E-state index in [-0.39, 0.29) is 54.4 Å². The Bertz CT molecular complexity index is 2090. The molecule has 336 valence electrons. The van der Waals surface area contributed by atoms with Gasteiger partial charge in [0.25, 0.3) is 0 Å². The highest BCUT2D eigenvalue weighted by molar-refractivity contribution is 5.86. The number of aliphatic imine (C=N–C) groups is 1. The molecule has 0 spiro atoms. The van der Waals surface area contributed by atoms with Gasteiger partial charge in [-0.2, -0.15) is 0 Å². The number of nitrogens with zero attached hydrogens (tertiary/aromatic N) is 1. The molecule has 1 aromatic heterocycles. The average molecular weight is 857 g/mol. The minimum Gasteiger partial charge on any atom is -0.478 e. The number of carbonyl (C=O) groups is 3. The SMILES string of the molecule is NC1=NC(C(=CC(=O)O)C(Nc2ccc[nH]2)C2CCC3CC2C(CCCC(N)CCC(C=O)CCC(O)O)c2cc4cc(CC=O)ccc4cc23)C2CCC(O)(CO)C(O)C2N1. The number of rotatable bonds is 20. The number of hydrogen-bond acceptors (Lipinski definition) is 13. The van der Waals surface area contributed by atoms with E-state index in [1.165, 1.54) is 17.2 Å². The largest absolute Gasteiger partial charge is 0.478 e. The van der Waals surface area contributed by atoms with Crippen molar-refractivity contribution in [1.82, 2.24) is 10.3 Å². The maximum absolute atomic E-state index is 12.9. The molecule has 2 fully saturated rings. The lowest BCUT2D eigenvalue weighted by atomic mass is 9.56. The van der Waals surface area contributed by atoms with Crippen molar-refractivity contribution in [2.75, 3.05) is 11.9 Å². The molecule has 15 nitrogen and oxygen atoms in total. The van der Waals surface area contributed by atoms with Crippen LogP contribution < -0.4 is 22.1 Å². The van der Waals surface area contributed by atoms with Crippen LogP contribution in [-0.2, 0) is 20.8 Å². The van der Waals surface area contributed by atoms with Crippen LogP contribution in [0.5, 0.6) is 0 Å². The number of aromatic amines is 1. The second-order valence-electron chi connectivity index (χ2n) is 18.4. The number of aliphatic hydroxyl groups is 5. The first-order chi connectivity index (χ1) is 29.8. The van der Waals surface area contributed by atoms with E-state index in [1.807, 2.05) is 18.2 Å². The fraction of sp³-hybridized carbons (Fsp3) is 0.574. The Hall–Kier alpha value is -4.64. The molecule has 2 saturated carbocycles. The molecule has 1 aliphatic heterocycles. The monoisotopic (exact) mass is 856 g/mol. The quantitative estimate of drug-likeness (QED) is 0.0443. The van der Waals surface area contributed by atoms with Crippen molar-refractivity contribution in [2.24, 2.45) is 40.1 Å². The maximum Gasteiger partial charge on any atom is 0.328 e. The molecule has 13 N–H and O–H groups in total. The second-order valence-corrected chi connectivity index (χ2v) is 18.4. The predicted molar refractivity (Wildman–Crippen MR) is 235 cm³/mol. The number of aldehydes is 2. The van der Waals surface area contributed by atoms with Crippen LogP contribution in [0.3, 0.4) is 0 Å². The third kappa shape index (κ3) is 9.93. The van der Waals surface area contributed by atoms with Gasteiger partial charge in [-0.1, -0.05) is 36.8 Å². The zero-order valence-electron chi connectivity index (χ0n) is 35.2. The van der Waals surface area contributed by atoms with E-state index < -0.39 is 54.6 Å². The van der Waals surface area contributed by atoms with Gasteiger partial charge in [-0.15, -0.1) is 0 Å². The molecular weight excluding hydrogens is 793 g/mol. The van der Waals surface area contributed by atoms with Crippen LogP contribution >= 0.6 is 0 Å². The zero-order valence-corrected chi connectivity index (χ0v) is 35.2. The molecule has 0 amide bonds. The number of carbonyl (C=O) groups excluding carboxylic acids is 2. The minimum atomic E-state index is -1.75. The molecule has 2 heterocycles. The molecule has 12 atom stereocenters. The first-order valence-corrected chi connectivity index (χ1v) is 22.3. The van der Waals surface area contributed by atoms with Crippen LogP contribution in [0.25, 0.3) is 10.8 Å². The number of aliphatic hydroxyl groups excluding tert-OH is 3. The smallest absolute Gasteiger partial charge is 0.328 e. The number of aromatic nitrogens is 1. The first kappa shape index (κ1) is 45.4. The third-order valence-corrected chi connectivity index (χ3v) is 14.6. The van der Waals surface area contributed by atoms with E-state index in [1.54, 1.807) is 6.20 Å². The molecule has 2 bridgehead atoms. The summed E-state index contributed by atoms with van der Waals surface area (Å²) in [6.45, 7) is -0.642. The fourth-order valence-corrected chi connectivity index (χ4v) is 11.4. The van der Waals surface area contributed by atoms with Crippen LogP contribution in [0, 0.1) is 23.7 Å². The predicted octanol–water partition coefficient (Wildman–Crippen LogP) is 3.33. The Morgan fingerprint density at radius 2 is 1.79 bits per heavy atom. The highest BCUT2D eigenvalue weighted by atomic mass is 16.5. The molecule has 2 aromatic carbocycles. The van der Waals surface area contributed by atoms with Gasteiger partial charge >= 0.3 is 5.97 Å². The van der Waals surface area contributed by atoms with Gasteiger partial charge in [0, 0.05) is 36.6 Å². The van der Waals surface area contributed by atoms with Crippen molar-refractivity contribution in [3.63, 3.8) is 0 Å². The lowest BCUT2D eigenvalue weighted by molar-refractivity contribution is -0.149. The molecule has 15 heteroatoms. The van der Waals surface area contributed by atoms with Crippen molar-refractivity contribution in [1.29, 1.82) is 0 Å². The van der Waals surface area contributed by atoms with Gasteiger partial charge in [0.1, 0.15) is 30.1 Å². The fourth-order valence-electron chi connectivity index (χ4n) is 11.4. The van der Waals surface area contributed by atoms with Crippen molar-refractivity contribution in [2.45, 2.75) is 137 Å². The van der Waals surface area contributed by atoms with Gasteiger partial charge in [0.05, 0.1) is 24.7 Å². The number of nitrogens with two attached hydrogens (primary N) is 2. The van der Waals surface area contributed by atoms with Gasteiger partial charge in [-0.3, -0.25) is 0 Å². The second kappa shape index (κ2) is 19.8. The van der Waals surface area contributed by atoms with Gasteiger partial charge in [-0.05, 0) is 139 Å². The van der Waals surface area contributed by atoms with Crippen LogP contribution in [0.1, 0.15) is 106 Å². The first-order valence-electron chi connectivity index (χ1n) is 22.3. The molecule has 62 heavy (non-hydrogen) atoms. The number of anilines is 1. The highest BCUT2D eigenvalue weighted by Crippen LogP contribution is 2.56. The van der Waals surface area contributed by atoms with E-state index >= 15 is 0 Å². The summed E-state index contributed by atoms with van der Waals surface area (Å²) in [6, 6.07) is 12.3. The Morgan fingerprint density at radius 3 is 2.50 bits per heavy atom. The Balaban J connectivity index is 1.25. The summed E-state index contributed by atoms with van der Waals surface area (Å²) in [5.41, 5.74) is 15.4. The molecular formula is C47H64N6O9. The Labute approximate surface area is 362 Å². The number of aliphatic carboxylic acids is 1. The molecule has 3 aromatic rings. The summed E-state index contributed by atoms with van der Waals surface area (Å²) in [4.78, 5) is 44.3. The van der Waals surface area contributed by atoms with Crippen LogP contribution in [-0.4, -0.2) is 109 Å². The number of nitrogens with one attached hydrogen (secondary N) is 3. The summed E-state index contributed by atoms with van der Waals surface area (Å²) in [5.74, 6) is -0.785. The number of fused-ring (bicyclic) bond motifs is 6. The standard InChI is InChI=1S/C47H64N6O9/c48-31(11-7-27(24-55)8-13-40(57)58)3-1-4-32-36-21-29(35-20-28-9-6-26(15-18-54)19-30(28)22-37(32)35)10-12-33(36)42(51-39-5-2-17-50-39)38(23-41(59)60)43-34-14-16-47(62,25-56)45(61)44(34)53-46(49)52-43/h2,5-6,9,17-20,22-24,27,29,31-34,36,40,42-45,50-51,56-58,61-62H,1,3-4,7-8,10-16,21,25,48H2,(H,59,60)(H3,49,52,53). The van der Waals surface area contributed by atoms with Crippen LogP contribution in [0.4, 0.5) is 5.82 Å².